The van der Waals surface area contributed by atoms with E-state index in [1.165, 1.54) is 11.8 Å². The van der Waals surface area contributed by atoms with Gasteiger partial charge in [0.1, 0.15) is 5.75 Å². The average molecular weight is 461 g/mol. The van der Waals surface area contributed by atoms with Crippen LogP contribution in [-0.2, 0) is 18.4 Å². The molecule has 1 heterocycles. The van der Waals surface area contributed by atoms with Crippen molar-refractivity contribution in [2.24, 2.45) is 7.05 Å². The minimum absolute atomic E-state index is 0.0439. The Morgan fingerprint density at radius 1 is 1.18 bits per heavy atom. The molecule has 2 aromatic carbocycles. The first-order valence-corrected chi connectivity index (χ1v) is 10.6. The molecule has 1 unspecified atom stereocenters. The third-order valence-electron chi connectivity index (χ3n) is 4.02. The lowest BCUT2D eigenvalue weighted by Crippen LogP contribution is -2.24. The van der Waals surface area contributed by atoms with Crippen LogP contribution in [0.5, 0.6) is 5.75 Å². The summed E-state index contributed by atoms with van der Waals surface area (Å²) >= 11 is 4.76. The van der Waals surface area contributed by atoms with Gasteiger partial charge in [-0.15, -0.1) is 10.2 Å². The van der Waals surface area contributed by atoms with E-state index in [1.807, 2.05) is 73.1 Å². The van der Waals surface area contributed by atoms with Gasteiger partial charge >= 0.3 is 0 Å². The summed E-state index contributed by atoms with van der Waals surface area (Å²) in [6, 6.07) is 17.5. The van der Waals surface area contributed by atoms with Gasteiger partial charge in [-0.2, -0.15) is 0 Å². The van der Waals surface area contributed by atoms with Crippen molar-refractivity contribution < 1.29 is 9.53 Å². The van der Waals surface area contributed by atoms with Gasteiger partial charge in [-0.05, 0) is 36.8 Å². The molecule has 0 aliphatic rings. The number of rotatable bonds is 8. The van der Waals surface area contributed by atoms with E-state index in [-0.39, 0.29) is 17.8 Å². The Morgan fingerprint density at radius 3 is 2.61 bits per heavy atom. The molecule has 0 aliphatic heterocycles. The fraction of sp³-hybridized carbons (Fsp3) is 0.250. The SMILES string of the molecule is CC(Oc1ccc(Br)cc1)c1nnc(SCC(=O)NCc2ccccc2)n1C. The summed E-state index contributed by atoms with van der Waals surface area (Å²) in [5, 5.41) is 12.0. The molecule has 1 N–H and O–H groups in total. The molecule has 3 rings (SSSR count). The quantitative estimate of drug-likeness (QED) is 0.511. The number of thioether (sulfide) groups is 1. The predicted octanol–water partition coefficient (Wildman–Crippen LogP) is 4.13. The van der Waals surface area contributed by atoms with Gasteiger partial charge in [0.05, 0.1) is 5.75 Å². The third-order valence-corrected chi connectivity index (χ3v) is 5.57. The predicted molar refractivity (Wildman–Crippen MR) is 113 cm³/mol. The Kier molecular flexibility index (Phi) is 7.11. The van der Waals surface area contributed by atoms with Crippen LogP contribution in [0.25, 0.3) is 0 Å². The van der Waals surface area contributed by atoms with Crippen LogP contribution in [0, 0.1) is 0 Å². The highest BCUT2D eigenvalue weighted by atomic mass is 79.9. The molecule has 0 radical (unpaired) electrons. The molecule has 0 fully saturated rings. The molecule has 0 spiro atoms. The van der Waals surface area contributed by atoms with Crippen LogP contribution in [0.2, 0.25) is 0 Å². The Balaban J connectivity index is 1.52. The van der Waals surface area contributed by atoms with Crippen molar-refractivity contribution in [3.63, 3.8) is 0 Å². The summed E-state index contributed by atoms with van der Waals surface area (Å²) in [5.74, 6) is 1.70. The van der Waals surface area contributed by atoms with Crippen LogP contribution in [0.1, 0.15) is 24.4 Å². The molecule has 8 heteroatoms. The Morgan fingerprint density at radius 2 is 1.89 bits per heavy atom. The van der Waals surface area contributed by atoms with E-state index in [1.54, 1.807) is 0 Å². The number of carbonyl (C=O) groups is 1. The van der Waals surface area contributed by atoms with Gasteiger partial charge in [0, 0.05) is 18.1 Å². The van der Waals surface area contributed by atoms with E-state index in [0.717, 1.165) is 15.8 Å². The maximum Gasteiger partial charge on any atom is 0.230 e. The van der Waals surface area contributed by atoms with Crippen molar-refractivity contribution in [1.82, 2.24) is 20.1 Å². The molecule has 3 aromatic rings. The van der Waals surface area contributed by atoms with E-state index >= 15 is 0 Å². The molecule has 1 atom stereocenters. The van der Waals surface area contributed by atoms with E-state index < -0.39 is 0 Å². The van der Waals surface area contributed by atoms with Crippen molar-refractivity contribution in [3.05, 3.63) is 70.5 Å². The summed E-state index contributed by atoms with van der Waals surface area (Å²) in [4.78, 5) is 12.1. The molecule has 1 aromatic heterocycles. The van der Waals surface area contributed by atoms with Gasteiger partial charge in [-0.3, -0.25) is 4.79 Å². The molecule has 6 nitrogen and oxygen atoms in total. The fourth-order valence-corrected chi connectivity index (χ4v) is 3.57. The van der Waals surface area contributed by atoms with Crippen LogP contribution in [0.15, 0.2) is 64.2 Å². The summed E-state index contributed by atoms with van der Waals surface area (Å²) in [6.45, 7) is 2.44. The zero-order valence-electron chi connectivity index (χ0n) is 15.6. The maximum absolute atomic E-state index is 12.1. The lowest BCUT2D eigenvalue weighted by molar-refractivity contribution is -0.118. The van der Waals surface area contributed by atoms with Gasteiger partial charge < -0.3 is 14.6 Å². The van der Waals surface area contributed by atoms with E-state index in [4.69, 9.17) is 4.74 Å². The Hall–Kier alpha value is -2.32. The largest absolute Gasteiger partial charge is 0.483 e. The number of aromatic nitrogens is 3. The fourth-order valence-electron chi connectivity index (χ4n) is 2.55. The lowest BCUT2D eigenvalue weighted by Gasteiger charge is -2.14. The van der Waals surface area contributed by atoms with Gasteiger partial charge in [-0.25, -0.2) is 0 Å². The van der Waals surface area contributed by atoms with Gasteiger partial charge in [0.15, 0.2) is 17.1 Å². The van der Waals surface area contributed by atoms with E-state index in [2.05, 4.69) is 31.4 Å². The van der Waals surface area contributed by atoms with Crippen molar-refractivity contribution >= 4 is 33.6 Å². The number of nitrogens with zero attached hydrogens (tertiary/aromatic N) is 3. The highest BCUT2D eigenvalue weighted by Gasteiger charge is 2.18. The topological polar surface area (TPSA) is 69.0 Å². The van der Waals surface area contributed by atoms with Crippen LogP contribution >= 0.6 is 27.7 Å². The van der Waals surface area contributed by atoms with E-state index in [0.29, 0.717) is 17.5 Å². The van der Waals surface area contributed by atoms with Crippen LogP contribution in [0.4, 0.5) is 0 Å². The second-order valence-electron chi connectivity index (χ2n) is 6.16. The molecule has 0 aliphatic carbocycles. The third kappa shape index (κ3) is 5.59. The first-order valence-electron chi connectivity index (χ1n) is 8.78. The summed E-state index contributed by atoms with van der Waals surface area (Å²) < 4.78 is 8.79. The summed E-state index contributed by atoms with van der Waals surface area (Å²) in [5.41, 5.74) is 1.07. The second kappa shape index (κ2) is 9.75. The number of amides is 1. The number of hydrogen-bond acceptors (Lipinski definition) is 5. The summed E-state index contributed by atoms with van der Waals surface area (Å²) in [7, 11) is 1.88. The maximum atomic E-state index is 12.1. The monoisotopic (exact) mass is 460 g/mol. The first-order chi connectivity index (χ1) is 13.5. The molecule has 146 valence electrons. The highest BCUT2D eigenvalue weighted by molar-refractivity contribution is 9.10. The summed E-state index contributed by atoms with van der Waals surface area (Å²) in [6.07, 6.45) is -0.264. The van der Waals surface area contributed by atoms with Gasteiger partial charge in [0.25, 0.3) is 0 Å². The first kappa shape index (κ1) is 20.4. The standard InChI is InChI=1S/C20H21BrN4O2S/c1-14(27-17-10-8-16(21)9-11-17)19-23-24-20(25(19)2)28-13-18(26)22-12-15-6-4-3-5-7-15/h3-11,14H,12-13H2,1-2H3,(H,22,26). The minimum atomic E-state index is -0.264. The van der Waals surface area contributed by atoms with Gasteiger partial charge in [0.2, 0.25) is 5.91 Å². The lowest BCUT2D eigenvalue weighted by atomic mass is 10.2. The minimum Gasteiger partial charge on any atom is -0.483 e. The Bertz CT molecular complexity index is 916. The number of hydrogen-bond donors (Lipinski definition) is 1. The van der Waals surface area contributed by atoms with Gasteiger partial charge in [-0.1, -0.05) is 58.0 Å². The number of nitrogens with one attached hydrogen (secondary N) is 1. The van der Waals surface area contributed by atoms with Crippen molar-refractivity contribution in [2.45, 2.75) is 24.7 Å². The number of carbonyl (C=O) groups excluding carboxylic acids is 1. The molecule has 0 saturated heterocycles. The molecule has 0 saturated carbocycles. The van der Waals surface area contributed by atoms with Crippen LogP contribution < -0.4 is 10.1 Å². The highest BCUT2D eigenvalue weighted by Crippen LogP contribution is 2.24. The zero-order valence-corrected chi connectivity index (χ0v) is 18.0. The zero-order chi connectivity index (χ0) is 19.9. The van der Waals surface area contributed by atoms with Crippen LogP contribution in [0.3, 0.4) is 0 Å². The number of ether oxygens (including phenoxy) is 1. The molecule has 28 heavy (non-hydrogen) atoms. The Labute approximate surface area is 176 Å². The van der Waals surface area contributed by atoms with E-state index in [9.17, 15) is 4.79 Å². The van der Waals surface area contributed by atoms with Crippen LogP contribution in [-0.4, -0.2) is 26.4 Å². The molecular formula is C20H21BrN4O2S. The second-order valence-corrected chi connectivity index (χ2v) is 8.02. The number of halogens is 1. The smallest absolute Gasteiger partial charge is 0.230 e. The average Bonchev–Trinajstić information content (AvgIpc) is 3.08. The molecule has 0 bridgehead atoms. The number of benzene rings is 2. The molecule has 1 amide bonds. The molecular weight excluding hydrogens is 440 g/mol. The van der Waals surface area contributed by atoms with Crippen molar-refractivity contribution in [1.29, 1.82) is 0 Å². The van der Waals surface area contributed by atoms with Crippen molar-refractivity contribution in [3.8, 4) is 5.75 Å². The van der Waals surface area contributed by atoms with Crippen molar-refractivity contribution in [2.75, 3.05) is 5.75 Å². The normalized spacial score (nSPS) is 11.8.